The van der Waals surface area contributed by atoms with E-state index in [2.05, 4.69) is 5.32 Å². The summed E-state index contributed by atoms with van der Waals surface area (Å²) < 4.78 is 26.0. The summed E-state index contributed by atoms with van der Waals surface area (Å²) in [6.07, 6.45) is 1.16. The summed E-state index contributed by atoms with van der Waals surface area (Å²) in [5.74, 6) is -2.76. The highest BCUT2D eigenvalue weighted by Gasteiger charge is 2.11. The number of carbonyl (C=O) groups is 1. The molecule has 0 bridgehead atoms. The van der Waals surface area contributed by atoms with E-state index >= 15 is 0 Å². The molecule has 0 radical (unpaired) electrons. The summed E-state index contributed by atoms with van der Waals surface area (Å²) >= 11 is 5.91. The molecule has 2 aromatic rings. The fourth-order valence-electron chi connectivity index (χ4n) is 1.67. The van der Waals surface area contributed by atoms with Crippen molar-refractivity contribution in [2.75, 3.05) is 5.32 Å². The van der Waals surface area contributed by atoms with E-state index < -0.39 is 17.5 Å². The fourth-order valence-corrected chi connectivity index (χ4v) is 1.85. The zero-order chi connectivity index (χ0) is 16.1. The Morgan fingerprint density at radius 2 is 1.91 bits per heavy atom. The zero-order valence-corrected chi connectivity index (χ0v) is 11.9. The smallest absolute Gasteiger partial charge is 0.266 e. The number of anilines is 1. The third kappa shape index (κ3) is 3.68. The molecular weight excluding hydrogens is 310 g/mol. The van der Waals surface area contributed by atoms with Crippen molar-refractivity contribution in [3.63, 3.8) is 0 Å². The molecule has 6 heteroatoms. The van der Waals surface area contributed by atoms with Crippen LogP contribution in [0.15, 0.2) is 48.0 Å². The molecule has 0 saturated heterocycles. The molecule has 0 aliphatic heterocycles. The molecule has 1 N–H and O–H groups in total. The normalized spacial score (nSPS) is 10.9. The number of nitrogens with one attached hydrogen (secondary N) is 1. The molecule has 0 aromatic heterocycles. The van der Waals surface area contributed by atoms with E-state index in [1.165, 1.54) is 6.07 Å². The molecule has 3 nitrogen and oxygen atoms in total. The van der Waals surface area contributed by atoms with Crippen molar-refractivity contribution in [3.05, 3.63) is 70.3 Å². The van der Waals surface area contributed by atoms with Gasteiger partial charge in [-0.1, -0.05) is 29.8 Å². The topological polar surface area (TPSA) is 52.9 Å². The van der Waals surface area contributed by atoms with Gasteiger partial charge in [-0.05, 0) is 35.9 Å². The molecule has 2 rings (SSSR count). The van der Waals surface area contributed by atoms with Crippen LogP contribution in [0.5, 0.6) is 0 Å². The SMILES string of the molecule is N#C/C(=C\c1ccc(F)c(F)c1)C(=O)Nc1ccccc1Cl. The lowest BCUT2D eigenvalue weighted by molar-refractivity contribution is -0.112. The molecule has 1 amide bonds. The van der Waals surface area contributed by atoms with E-state index in [0.717, 1.165) is 18.2 Å². The standard InChI is InChI=1S/C16H9ClF2N2O/c17-12-3-1-2-4-15(12)21-16(22)11(9-20)7-10-5-6-13(18)14(19)8-10/h1-8H,(H,21,22)/b11-7+. The van der Waals surface area contributed by atoms with Crippen LogP contribution in [0.2, 0.25) is 5.02 Å². The first-order chi connectivity index (χ1) is 10.5. The van der Waals surface area contributed by atoms with E-state index in [1.54, 1.807) is 30.3 Å². The Hall–Kier alpha value is -2.71. The maximum Gasteiger partial charge on any atom is 0.266 e. The number of halogens is 3. The predicted octanol–water partition coefficient (Wildman–Crippen LogP) is 4.16. The van der Waals surface area contributed by atoms with Crippen molar-refractivity contribution in [2.45, 2.75) is 0 Å². The van der Waals surface area contributed by atoms with Crippen LogP contribution in [0.3, 0.4) is 0 Å². The van der Waals surface area contributed by atoms with Gasteiger partial charge in [0.2, 0.25) is 0 Å². The number of nitrogens with zero attached hydrogens (tertiary/aromatic N) is 1. The molecule has 0 heterocycles. The average Bonchev–Trinajstić information content (AvgIpc) is 2.50. The Kier molecular flexibility index (Phi) is 4.87. The van der Waals surface area contributed by atoms with Gasteiger partial charge in [-0.25, -0.2) is 8.78 Å². The van der Waals surface area contributed by atoms with Crippen LogP contribution in [0.1, 0.15) is 5.56 Å². The third-order valence-corrected chi connectivity index (χ3v) is 3.07. The van der Waals surface area contributed by atoms with Crippen molar-refractivity contribution < 1.29 is 13.6 Å². The lowest BCUT2D eigenvalue weighted by atomic mass is 10.1. The molecule has 0 atom stereocenters. The zero-order valence-electron chi connectivity index (χ0n) is 11.1. The van der Waals surface area contributed by atoms with Gasteiger partial charge in [-0.15, -0.1) is 0 Å². The van der Waals surface area contributed by atoms with Gasteiger partial charge in [0.05, 0.1) is 10.7 Å². The summed E-state index contributed by atoms with van der Waals surface area (Å²) in [5, 5.41) is 11.8. The van der Waals surface area contributed by atoms with Crippen molar-refractivity contribution in [3.8, 4) is 6.07 Å². The van der Waals surface area contributed by atoms with Crippen molar-refractivity contribution in [1.82, 2.24) is 0 Å². The highest BCUT2D eigenvalue weighted by Crippen LogP contribution is 2.21. The van der Waals surface area contributed by atoms with Gasteiger partial charge in [0.15, 0.2) is 11.6 Å². The summed E-state index contributed by atoms with van der Waals surface area (Å²) in [6.45, 7) is 0. The maximum absolute atomic E-state index is 13.1. The van der Waals surface area contributed by atoms with Gasteiger partial charge in [-0.3, -0.25) is 4.79 Å². The number of nitriles is 1. The van der Waals surface area contributed by atoms with Crippen molar-refractivity contribution in [1.29, 1.82) is 5.26 Å². The Balaban J connectivity index is 2.26. The summed E-state index contributed by atoms with van der Waals surface area (Å²) in [4.78, 5) is 12.0. The van der Waals surface area contributed by atoms with Gasteiger partial charge in [-0.2, -0.15) is 5.26 Å². The van der Waals surface area contributed by atoms with Crippen LogP contribution in [0, 0.1) is 23.0 Å². The third-order valence-electron chi connectivity index (χ3n) is 2.74. The maximum atomic E-state index is 13.1. The molecule has 0 unspecified atom stereocenters. The first-order valence-corrected chi connectivity index (χ1v) is 6.52. The van der Waals surface area contributed by atoms with E-state index in [4.69, 9.17) is 16.9 Å². The Morgan fingerprint density at radius 3 is 2.55 bits per heavy atom. The fraction of sp³-hybridized carbons (Fsp3) is 0. The number of amides is 1. The Labute approximate surface area is 130 Å². The van der Waals surface area contributed by atoms with E-state index in [1.807, 2.05) is 0 Å². The second kappa shape index (κ2) is 6.83. The van der Waals surface area contributed by atoms with Crippen LogP contribution in [0.4, 0.5) is 14.5 Å². The summed E-state index contributed by atoms with van der Waals surface area (Å²) in [7, 11) is 0. The minimum absolute atomic E-state index is 0.199. The van der Waals surface area contributed by atoms with Gasteiger partial charge in [0, 0.05) is 0 Å². The van der Waals surface area contributed by atoms with Crippen LogP contribution in [-0.4, -0.2) is 5.91 Å². The van der Waals surface area contributed by atoms with Crippen LogP contribution < -0.4 is 5.32 Å². The van der Waals surface area contributed by atoms with Gasteiger partial charge in [0.25, 0.3) is 5.91 Å². The van der Waals surface area contributed by atoms with Gasteiger partial charge < -0.3 is 5.32 Å². The number of benzene rings is 2. The largest absolute Gasteiger partial charge is 0.320 e. The summed E-state index contributed by atoms with van der Waals surface area (Å²) in [5.41, 5.74) is 0.288. The Bertz CT molecular complexity index is 797. The van der Waals surface area contributed by atoms with Crippen LogP contribution >= 0.6 is 11.6 Å². The number of hydrogen-bond donors (Lipinski definition) is 1. The van der Waals surface area contributed by atoms with Crippen molar-refractivity contribution >= 4 is 29.3 Å². The van der Waals surface area contributed by atoms with E-state index in [0.29, 0.717) is 10.7 Å². The first kappa shape index (κ1) is 15.7. The second-order valence-corrected chi connectivity index (χ2v) is 4.68. The van der Waals surface area contributed by atoms with Crippen molar-refractivity contribution in [2.24, 2.45) is 0 Å². The highest BCUT2D eigenvalue weighted by atomic mass is 35.5. The lowest BCUT2D eigenvalue weighted by Crippen LogP contribution is -2.13. The van der Waals surface area contributed by atoms with E-state index in [9.17, 15) is 13.6 Å². The Morgan fingerprint density at radius 1 is 1.18 bits per heavy atom. The number of hydrogen-bond acceptors (Lipinski definition) is 2. The monoisotopic (exact) mass is 318 g/mol. The molecule has 0 aliphatic carbocycles. The molecule has 22 heavy (non-hydrogen) atoms. The molecule has 0 fully saturated rings. The molecule has 2 aromatic carbocycles. The highest BCUT2D eigenvalue weighted by molar-refractivity contribution is 6.34. The number of para-hydroxylation sites is 1. The van der Waals surface area contributed by atoms with Gasteiger partial charge >= 0.3 is 0 Å². The predicted molar refractivity (Wildman–Crippen MR) is 80.0 cm³/mol. The van der Waals surface area contributed by atoms with Gasteiger partial charge in [0.1, 0.15) is 11.6 Å². The minimum atomic E-state index is -1.06. The van der Waals surface area contributed by atoms with E-state index in [-0.39, 0.29) is 11.1 Å². The molecule has 0 aliphatic rings. The lowest BCUT2D eigenvalue weighted by Gasteiger charge is -2.06. The second-order valence-electron chi connectivity index (χ2n) is 4.28. The number of rotatable bonds is 3. The average molecular weight is 319 g/mol. The van der Waals surface area contributed by atoms with Crippen LogP contribution in [0.25, 0.3) is 6.08 Å². The summed E-state index contributed by atoms with van der Waals surface area (Å²) in [6, 6.07) is 11.3. The molecular formula is C16H9ClF2N2O. The number of carbonyl (C=O) groups excluding carboxylic acids is 1. The first-order valence-electron chi connectivity index (χ1n) is 6.14. The molecule has 0 saturated carbocycles. The molecule has 0 spiro atoms. The quantitative estimate of drug-likeness (QED) is 0.682. The molecule has 110 valence electrons. The minimum Gasteiger partial charge on any atom is -0.320 e. The van der Waals surface area contributed by atoms with Crippen LogP contribution in [-0.2, 0) is 4.79 Å².